The zero-order valence-electron chi connectivity index (χ0n) is 7.73. The van der Waals surface area contributed by atoms with Gasteiger partial charge in [0.15, 0.2) is 0 Å². The fourth-order valence-electron chi connectivity index (χ4n) is 1.23. The molecule has 0 bridgehead atoms. The lowest BCUT2D eigenvalue weighted by Gasteiger charge is -2.31. The molecule has 1 rings (SSSR count). The van der Waals surface area contributed by atoms with E-state index in [1.807, 2.05) is 0 Å². The largest absolute Gasteiger partial charge is 0.369 e. The first-order chi connectivity index (χ1) is 5.18. The van der Waals surface area contributed by atoms with Crippen molar-refractivity contribution < 1.29 is 4.79 Å². The Morgan fingerprint density at radius 1 is 1.23 bits per heavy atom. The van der Waals surface area contributed by atoms with E-state index in [-0.39, 0.29) is 30.7 Å². The van der Waals surface area contributed by atoms with Gasteiger partial charge in [0.05, 0.1) is 6.54 Å². The number of hydrogen-bond donors (Lipinski definition) is 1. The van der Waals surface area contributed by atoms with Gasteiger partial charge in [0.1, 0.15) is 0 Å². The van der Waals surface area contributed by atoms with Gasteiger partial charge in [0, 0.05) is 26.2 Å². The molecule has 1 heterocycles. The molecule has 13 heavy (non-hydrogen) atoms. The van der Waals surface area contributed by atoms with E-state index in [9.17, 15) is 4.79 Å². The van der Waals surface area contributed by atoms with Gasteiger partial charge < -0.3 is 10.6 Å². The van der Waals surface area contributed by atoms with Gasteiger partial charge in [-0.25, -0.2) is 0 Å². The zero-order valence-corrected chi connectivity index (χ0v) is 9.37. The third-order valence-corrected chi connectivity index (χ3v) is 1.98. The van der Waals surface area contributed by atoms with Crippen LogP contribution in [0.25, 0.3) is 0 Å². The minimum absolute atomic E-state index is 0. The maximum atomic E-state index is 10.5. The third-order valence-electron chi connectivity index (χ3n) is 1.98. The summed E-state index contributed by atoms with van der Waals surface area (Å²) >= 11 is 0. The minimum atomic E-state index is -0.227. The van der Waals surface area contributed by atoms with Crippen molar-refractivity contribution in [2.75, 3.05) is 39.8 Å². The fourth-order valence-corrected chi connectivity index (χ4v) is 1.23. The van der Waals surface area contributed by atoms with Crippen molar-refractivity contribution in [1.29, 1.82) is 0 Å². The summed E-state index contributed by atoms with van der Waals surface area (Å²) in [6.45, 7) is 4.40. The summed E-state index contributed by atoms with van der Waals surface area (Å²) in [5, 5.41) is 0. The lowest BCUT2D eigenvalue weighted by Crippen LogP contribution is -2.47. The van der Waals surface area contributed by atoms with Crippen molar-refractivity contribution in [3.63, 3.8) is 0 Å². The van der Waals surface area contributed by atoms with E-state index in [1.54, 1.807) is 0 Å². The van der Waals surface area contributed by atoms with Crippen molar-refractivity contribution >= 4 is 30.7 Å². The first-order valence-corrected chi connectivity index (χ1v) is 3.87. The molecule has 4 nitrogen and oxygen atoms in total. The second-order valence-electron chi connectivity index (χ2n) is 3.05. The number of primary amides is 1. The van der Waals surface area contributed by atoms with E-state index >= 15 is 0 Å². The first kappa shape index (κ1) is 15.4. The lowest BCUT2D eigenvalue weighted by atomic mass is 10.3. The second kappa shape index (κ2) is 7.38. The summed E-state index contributed by atoms with van der Waals surface area (Å²) in [5.41, 5.74) is 5.06. The highest BCUT2D eigenvalue weighted by Gasteiger charge is 2.14. The van der Waals surface area contributed by atoms with Gasteiger partial charge >= 0.3 is 0 Å². The Bertz CT molecular complexity index is 149. The van der Waals surface area contributed by atoms with E-state index in [1.165, 1.54) is 0 Å². The molecule has 1 amide bonds. The number of carbonyl (C=O) groups excluding carboxylic acids is 1. The minimum Gasteiger partial charge on any atom is -0.369 e. The summed E-state index contributed by atoms with van der Waals surface area (Å²) in [4.78, 5) is 14.8. The SMILES string of the molecule is CN1CCN(CC(N)=O)CC1.Cl.Cl. The lowest BCUT2D eigenvalue weighted by molar-refractivity contribution is -0.119. The van der Waals surface area contributed by atoms with Gasteiger partial charge in [0.25, 0.3) is 0 Å². The summed E-state index contributed by atoms with van der Waals surface area (Å²) in [6.07, 6.45) is 0. The number of rotatable bonds is 2. The number of hydrogen-bond acceptors (Lipinski definition) is 3. The topological polar surface area (TPSA) is 49.6 Å². The average molecular weight is 230 g/mol. The summed E-state index contributed by atoms with van der Waals surface area (Å²) in [6, 6.07) is 0. The van der Waals surface area contributed by atoms with Crippen LogP contribution >= 0.6 is 24.8 Å². The molecular weight excluding hydrogens is 213 g/mol. The van der Waals surface area contributed by atoms with Gasteiger partial charge in [-0.1, -0.05) is 0 Å². The van der Waals surface area contributed by atoms with E-state index in [4.69, 9.17) is 5.73 Å². The molecule has 0 aromatic carbocycles. The number of nitrogens with zero attached hydrogens (tertiary/aromatic N) is 2. The van der Waals surface area contributed by atoms with Crippen molar-refractivity contribution in [1.82, 2.24) is 9.80 Å². The van der Waals surface area contributed by atoms with Crippen LogP contribution in [-0.4, -0.2) is 55.5 Å². The predicted molar refractivity (Wildman–Crippen MR) is 57.6 cm³/mol. The molecule has 6 heteroatoms. The van der Waals surface area contributed by atoms with Crippen LogP contribution in [0.1, 0.15) is 0 Å². The van der Waals surface area contributed by atoms with Crippen LogP contribution in [0.4, 0.5) is 0 Å². The molecule has 1 fully saturated rings. The monoisotopic (exact) mass is 229 g/mol. The Labute approximate surface area is 91.3 Å². The standard InChI is InChI=1S/C7H15N3O.2ClH/c1-9-2-4-10(5-3-9)6-7(8)11;;/h2-6H2,1H3,(H2,8,11);2*1H. The summed E-state index contributed by atoms with van der Waals surface area (Å²) < 4.78 is 0. The van der Waals surface area contributed by atoms with Crippen LogP contribution in [0.15, 0.2) is 0 Å². The van der Waals surface area contributed by atoms with Crippen molar-refractivity contribution in [3.05, 3.63) is 0 Å². The molecule has 0 atom stereocenters. The molecule has 0 saturated carbocycles. The van der Waals surface area contributed by atoms with Crippen LogP contribution < -0.4 is 5.73 Å². The van der Waals surface area contributed by atoms with Crippen LogP contribution in [0.2, 0.25) is 0 Å². The quantitative estimate of drug-likeness (QED) is 0.699. The molecule has 0 radical (unpaired) electrons. The Morgan fingerprint density at radius 2 is 1.69 bits per heavy atom. The van der Waals surface area contributed by atoms with Gasteiger partial charge in [-0.2, -0.15) is 0 Å². The Kier molecular flexibility index (Phi) is 8.77. The summed E-state index contributed by atoms with van der Waals surface area (Å²) in [7, 11) is 2.08. The Morgan fingerprint density at radius 3 is 2.08 bits per heavy atom. The van der Waals surface area contributed by atoms with Crippen LogP contribution in [0.3, 0.4) is 0 Å². The van der Waals surface area contributed by atoms with Gasteiger partial charge in [-0.05, 0) is 7.05 Å². The predicted octanol–water partition coefficient (Wildman–Crippen LogP) is -0.437. The molecule has 1 aliphatic rings. The van der Waals surface area contributed by atoms with Crippen LogP contribution in [0, 0.1) is 0 Å². The molecule has 80 valence electrons. The Hall–Kier alpha value is -0.0300. The smallest absolute Gasteiger partial charge is 0.231 e. The second-order valence-corrected chi connectivity index (χ2v) is 3.05. The highest BCUT2D eigenvalue weighted by atomic mass is 35.5. The first-order valence-electron chi connectivity index (χ1n) is 3.87. The number of piperazine rings is 1. The number of nitrogens with two attached hydrogens (primary N) is 1. The fraction of sp³-hybridized carbons (Fsp3) is 0.857. The van der Waals surface area contributed by atoms with E-state index in [0.29, 0.717) is 6.54 Å². The molecule has 0 aromatic rings. The third kappa shape index (κ3) is 6.10. The van der Waals surface area contributed by atoms with Gasteiger partial charge in [-0.15, -0.1) is 24.8 Å². The van der Waals surface area contributed by atoms with Crippen molar-refractivity contribution in [3.8, 4) is 0 Å². The molecular formula is C7H17Cl2N3O. The van der Waals surface area contributed by atoms with E-state index in [2.05, 4.69) is 16.8 Å². The molecule has 0 aromatic heterocycles. The normalized spacial score (nSPS) is 18.5. The van der Waals surface area contributed by atoms with Crippen molar-refractivity contribution in [2.24, 2.45) is 5.73 Å². The van der Waals surface area contributed by atoms with Crippen LogP contribution in [-0.2, 0) is 4.79 Å². The highest BCUT2D eigenvalue weighted by molar-refractivity contribution is 5.85. The Balaban J connectivity index is 0. The molecule has 1 aliphatic heterocycles. The average Bonchev–Trinajstić information content (AvgIpc) is 1.93. The number of amides is 1. The molecule has 2 N–H and O–H groups in total. The maximum Gasteiger partial charge on any atom is 0.231 e. The number of likely N-dealkylation sites (N-methyl/N-ethyl adjacent to an activating group) is 1. The van der Waals surface area contributed by atoms with E-state index in [0.717, 1.165) is 26.2 Å². The maximum absolute atomic E-state index is 10.5. The summed E-state index contributed by atoms with van der Waals surface area (Å²) in [5.74, 6) is -0.227. The van der Waals surface area contributed by atoms with Gasteiger partial charge in [-0.3, -0.25) is 9.69 Å². The zero-order chi connectivity index (χ0) is 8.27. The van der Waals surface area contributed by atoms with Crippen LogP contribution in [0.5, 0.6) is 0 Å². The van der Waals surface area contributed by atoms with Crippen molar-refractivity contribution in [2.45, 2.75) is 0 Å². The van der Waals surface area contributed by atoms with Gasteiger partial charge in [0.2, 0.25) is 5.91 Å². The molecule has 0 unspecified atom stereocenters. The molecule has 1 saturated heterocycles. The number of halogens is 2. The molecule has 0 spiro atoms. The van der Waals surface area contributed by atoms with E-state index < -0.39 is 0 Å². The number of carbonyl (C=O) groups is 1. The highest BCUT2D eigenvalue weighted by Crippen LogP contribution is 1.97. The molecule has 0 aliphatic carbocycles.